The van der Waals surface area contributed by atoms with Gasteiger partial charge in [-0.1, -0.05) is 18.2 Å². The van der Waals surface area contributed by atoms with E-state index in [-0.39, 0.29) is 18.3 Å². The van der Waals surface area contributed by atoms with E-state index < -0.39 is 5.91 Å². The van der Waals surface area contributed by atoms with E-state index in [4.69, 9.17) is 8.83 Å². The van der Waals surface area contributed by atoms with E-state index in [9.17, 15) is 4.79 Å². The lowest BCUT2D eigenvalue weighted by atomic mass is 10.2. The van der Waals surface area contributed by atoms with Crippen LogP contribution in [0.2, 0.25) is 0 Å². The Hall–Kier alpha value is -3.03. The minimum atomic E-state index is -0.500. The number of nitrogens with zero attached hydrogens (tertiary/aromatic N) is 4. The van der Waals surface area contributed by atoms with Crippen molar-refractivity contribution in [1.29, 1.82) is 0 Å². The van der Waals surface area contributed by atoms with Gasteiger partial charge in [0.25, 0.3) is 0 Å². The molecule has 21 heavy (non-hydrogen) atoms. The van der Waals surface area contributed by atoms with Crippen molar-refractivity contribution in [2.75, 3.05) is 0 Å². The number of benzene rings is 1. The predicted molar refractivity (Wildman–Crippen MR) is 69.9 cm³/mol. The molecular weight excluding hydrogens is 274 g/mol. The van der Waals surface area contributed by atoms with Crippen molar-refractivity contribution in [1.82, 2.24) is 25.7 Å². The Morgan fingerprint density at radius 3 is 2.62 bits per heavy atom. The molecule has 8 heteroatoms. The Morgan fingerprint density at radius 1 is 1.10 bits per heavy atom. The van der Waals surface area contributed by atoms with Crippen molar-refractivity contribution in [2.24, 2.45) is 0 Å². The molecule has 0 fully saturated rings. The van der Waals surface area contributed by atoms with Crippen molar-refractivity contribution in [3.05, 3.63) is 48.0 Å². The van der Waals surface area contributed by atoms with Crippen LogP contribution in [0, 0.1) is 6.92 Å². The second kappa shape index (κ2) is 5.53. The molecule has 8 nitrogen and oxygen atoms in total. The number of nitrogens with one attached hydrogen (secondary N) is 1. The largest absolute Gasteiger partial charge is 0.424 e. The Morgan fingerprint density at radius 2 is 1.90 bits per heavy atom. The van der Waals surface area contributed by atoms with Crippen LogP contribution in [-0.2, 0) is 6.54 Å². The van der Waals surface area contributed by atoms with Crippen LogP contribution in [-0.4, -0.2) is 26.3 Å². The molecule has 2 heterocycles. The van der Waals surface area contributed by atoms with Gasteiger partial charge in [0.1, 0.15) is 0 Å². The third-order valence-corrected chi connectivity index (χ3v) is 2.61. The summed E-state index contributed by atoms with van der Waals surface area (Å²) in [6, 6.07) is 9.20. The van der Waals surface area contributed by atoms with Gasteiger partial charge in [0.15, 0.2) is 0 Å². The van der Waals surface area contributed by atoms with Crippen molar-refractivity contribution in [2.45, 2.75) is 13.5 Å². The molecule has 1 N–H and O–H groups in total. The molecule has 0 saturated heterocycles. The Bertz CT molecular complexity index is 750. The van der Waals surface area contributed by atoms with Crippen LogP contribution in [0.15, 0.2) is 39.2 Å². The number of carbonyl (C=O) groups is 1. The second-order valence-electron chi connectivity index (χ2n) is 4.18. The molecule has 0 unspecified atom stereocenters. The molecule has 0 spiro atoms. The summed E-state index contributed by atoms with van der Waals surface area (Å²) in [6.07, 6.45) is 0. The minimum Gasteiger partial charge on any atom is -0.424 e. The number of amides is 1. The maximum Gasteiger partial charge on any atom is 0.309 e. The summed E-state index contributed by atoms with van der Waals surface area (Å²) in [5.41, 5.74) is 0.747. The molecule has 2 aromatic heterocycles. The molecule has 0 aliphatic heterocycles. The molecular formula is C13H11N5O3. The number of carbonyl (C=O) groups excluding carboxylic acids is 1. The predicted octanol–water partition coefficient (Wildman–Crippen LogP) is 1.36. The zero-order valence-electron chi connectivity index (χ0n) is 11.1. The smallest absolute Gasteiger partial charge is 0.309 e. The summed E-state index contributed by atoms with van der Waals surface area (Å²) in [4.78, 5) is 11.9. The molecule has 0 radical (unpaired) electrons. The molecule has 0 aliphatic carbocycles. The highest BCUT2D eigenvalue weighted by Crippen LogP contribution is 2.16. The highest BCUT2D eigenvalue weighted by Gasteiger charge is 2.16. The zero-order valence-corrected chi connectivity index (χ0v) is 11.1. The molecule has 0 aliphatic rings. The Labute approximate surface area is 119 Å². The van der Waals surface area contributed by atoms with E-state index in [1.54, 1.807) is 6.92 Å². The standard InChI is InChI=1S/C13H11N5O3/c1-8-15-16-10(20-8)7-14-11(19)13-18-17-12(21-13)9-5-3-2-4-6-9/h2-6H,7H2,1H3,(H,14,19). The van der Waals surface area contributed by atoms with Gasteiger partial charge in [-0.25, -0.2) is 0 Å². The third kappa shape index (κ3) is 2.94. The third-order valence-electron chi connectivity index (χ3n) is 2.61. The highest BCUT2D eigenvalue weighted by molar-refractivity contribution is 5.89. The summed E-state index contributed by atoms with van der Waals surface area (Å²) in [5, 5.41) is 17.5. The first-order chi connectivity index (χ1) is 10.2. The van der Waals surface area contributed by atoms with Gasteiger partial charge < -0.3 is 14.2 Å². The molecule has 1 amide bonds. The summed E-state index contributed by atoms with van der Waals surface area (Å²) < 4.78 is 10.5. The summed E-state index contributed by atoms with van der Waals surface area (Å²) in [7, 11) is 0. The monoisotopic (exact) mass is 285 g/mol. The normalized spacial score (nSPS) is 10.5. The van der Waals surface area contributed by atoms with Crippen molar-refractivity contribution in [3.8, 4) is 11.5 Å². The van der Waals surface area contributed by atoms with Gasteiger partial charge in [0, 0.05) is 12.5 Å². The van der Waals surface area contributed by atoms with Crippen LogP contribution in [0.4, 0.5) is 0 Å². The van der Waals surface area contributed by atoms with Gasteiger partial charge in [0.05, 0.1) is 6.54 Å². The van der Waals surface area contributed by atoms with E-state index in [0.717, 1.165) is 5.56 Å². The fraction of sp³-hybridized carbons (Fsp3) is 0.154. The van der Waals surface area contributed by atoms with Crippen LogP contribution < -0.4 is 5.32 Å². The fourth-order valence-corrected chi connectivity index (χ4v) is 1.65. The Balaban J connectivity index is 1.67. The minimum absolute atomic E-state index is 0.0999. The highest BCUT2D eigenvalue weighted by atomic mass is 16.4. The van der Waals surface area contributed by atoms with Crippen molar-refractivity contribution >= 4 is 5.91 Å². The van der Waals surface area contributed by atoms with E-state index in [2.05, 4.69) is 25.7 Å². The number of hydrogen-bond acceptors (Lipinski definition) is 7. The number of hydrogen-bond donors (Lipinski definition) is 1. The fourth-order valence-electron chi connectivity index (χ4n) is 1.65. The Kier molecular flexibility index (Phi) is 3.42. The molecule has 3 aromatic rings. The maximum atomic E-state index is 11.9. The van der Waals surface area contributed by atoms with Gasteiger partial charge in [-0.3, -0.25) is 4.79 Å². The van der Waals surface area contributed by atoms with E-state index >= 15 is 0 Å². The molecule has 106 valence electrons. The number of aryl methyl sites for hydroxylation is 1. The second-order valence-corrected chi connectivity index (χ2v) is 4.18. The van der Waals surface area contributed by atoms with E-state index in [0.29, 0.717) is 11.8 Å². The van der Waals surface area contributed by atoms with Gasteiger partial charge in [-0.15, -0.1) is 20.4 Å². The average Bonchev–Trinajstić information content (AvgIpc) is 3.15. The first-order valence-electron chi connectivity index (χ1n) is 6.18. The van der Waals surface area contributed by atoms with Gasteiger partial charge in [-0.05, 0) is 12.1 Å². The lowest BCUT2D eigenvalue weighted by molar-refractivity contribution is 0.0913. The quantitative estimate of drug-likeness (QED) is 0.771. The SMILES string of the molecule is Cc1nnc(CNC(=O)c2nnc(-c3ccccc3)o2)o1. The van der Waals surface area contributed by atoms with Crippen molar-refractivity contribution < 1.29 is 13.6 Å². The lowest BCUT2D eigenvalue weighted by Crippen LogP contribution is -2.23. The molecule has 0 saturated carbocycles. The zero-order chi connectivity index (χ0) is 14.7. The number of rotatable bonds is 4. The van der Waals surface area contributed by atoms with Crippen LogP contribution in [0.25, 0.3) is 11.5 Å². The van der Waals surface area contributed by atoms with Gasteiger partial charge in [0.2, 0.25) is 17.7 Å². The van der Waals surface area contributed by atoms with E-state index in [1.165, 1.54) is 0 Å². The summed E-state index contributed by atoms with van der Waals surface area (Å²) >= 11 is 0. The summed E-state index contributed by atoms with van der Waals surface area (Å²) in [6.45, 7) is 1.77. The van der Waals surface area contributed by atoms with Gasteiger partial charge >= 0.3 is 11.8 Å². The molecule has 1 aromatic carbocycles. The van der Waals surface area contributed by atoms with Crippen molar-refractivity contribution in [3.63, 3.8) is 0 Å². The molecule has 0 atom stereocenters. The number of aromatic nitrogens is 4. The average molecular weight is 285 g/mol. The first-order valence-corrected chi connectivity index (χ1v) is 6.18. The maximum absolute atomic E-state index is 11.9. The first kappa shape index (κ1) is 13.0. The van der Waals surface area contributed by atoms with Crippen LogP contribution in [0.1, 0.15) is 22.5 Å². The topological polar surface area (TPSA) is 107 Å². The van der Waals surface area contributed by atoms with Crippen LogP contribution >= 0.6 is 0 Å². The molecule has 0 bridgehead atoms. The van der Waals surface area contributed by atoms with E-state index in [1.807, 2.05) is 30.3 Å². The van der Waals surface area contributed by atoms with Crippen LogP contribution in [0.3, 0.4) is 0 Å². The lowest BCUT2D eigenvalue weighted by Gasteiger charge is -1.97. The molecule has 3 rings (SSSR count). The van der Waals surface area contributed by atoms with Crippen LogP contribution in [0.5, 0.6) is 0 Å². The summed E-state index contributed by atoms with van der Waals surface area (Å²) in [5.74, 6) is 0.409. The van der Waals surface area contributed by atoms with Gasteiger partial charge in [-0.2, -0.15) is 0 Å².